The molecular weight excluding hydrogens is 447 g/mol. The van der Waals surface area contributed by atoms with Crippen molar-refractivity contribution in [2.45, 2.75) is 6.18 Å². The number of hydrogen-bond donors (Lipinski definition) is 1. The maximum Gasteiger partial charge on any atom is 0.417 e. The van der Waals surface area contributed by atoms with Gasteiger partial charge in [0.05, 0.1) is 26.0 Å². The van der Waals surface area contributed by atoms with Crippen molar-refractivity contribution in [3.8, 4) is 11.5 Å². The quantitative estimate of drug-likeness (QED) is 0.382. The van der Waals surface area contributed by atoms with E-state index in [0.717, 1.165) is 6.07 Å². The van der Waals surface area contributed by atoms with Gasteiger partial charge in [-0.1, -0.05) is 0 Å². The van der Waals surface area contributed by atoms with Crippen molar-refractivity contribution >= 4 is 33.9 Å². The van der Waals surface area contributed by atoms with Crippen LogP contribution in [0.1, 0.15) is 11.1 Å². The van der Waals surface area contributed by atoms with Crippen molar-refractivity contribution in [3.63, 3.8) is 0 Å². The smallest absolute Gasteiger partial charge is 0.417 e. The number of carbonyl (C=O) groups is 1. The first-order chi connectivity index (χ1) is 13.2. The van der Waals surface area contributed by atoms with Crippen molar-refractivity contribution in [2.24, 2.45) is 5.10 Å². The van der Waals surface area contributed by atoms with Crippen molar-refractivity contribution < 1.29 is 32.2 Å². The van der Waals surface area contributed by atoms with Gasteiger partial charge in [0.2, 0.25) is 0 Å². The van der Waals surface area contributed by atoms with E-state index in [1.54, 1.807) is 12.1 Å². The topological polar surface area (TPSA) is 82.0 Å². The second-order valence-corrected chi connectivity index (χ2v) is 6.04. The standard InChI is InChI=1S/C17H15BrF3N3O4/c1-26-13-5-10(12(18)6-14(13)28-9-16(25)27-2)7-23-24-15-4-3-11(8-22-15)17(19,20)21/h3-8H,9H2,1-2H3,(H,22,24)/b23-7-. The van der Waals surface area contributed by atoms with Gasteiger partial charge >= 0.3 is 12.1 Å². The predicted octanol–water partition coefficient (Wildman–Crippen LogP) is 3.87. The van der Waals surface area contributed by atoms with E-state index in [9.17, 15) is 18.0 Å². The molecule has 1 aromatic carbocycles. The molecule has 11 heteroatoms. The van der Waals surface area contributed by atoms with Gasteiger partial charge in [0.1, 0.15) is 5.82 Å². The number of benzene rings is 1. The summed E-state index contributed by atoms with van der Waals surface area (Å²) >= 11 is 3.34. The van der Waals surface area contributed by atoms with E-state index in [1.165, 1.54) is 26.5 Å². The van der Waals surface area contributed by atoms with Crippen LogP contribution in [0.25, 0.3) is 0 Å². The predicted molar refractivity (Wildman–Crippen MR) is 98.7 cm³/mol. The summed E-state index contributed by atoms with van der Waals surface area (Å²) < 4.78 is 53.2. The molecule has 2 aromatic rings. The Morgan fingerprint density at radius 3 is 2.61 bits per heavy atom. The summed E-state index contributed by atoms with van der Waals surface area (Å²) in [5, 5.41) is 3.94. The van der Waals surface area contributed by atoms with E-state index < -0.39 is 17.7 Å². The Morgan fingerprint density at radius 2 is 2.04 bits per heavy atom. The molecule has 0 bridgehead atoms. The summed E-state index contributed by atoms with van der Waals surface area (Å²) in [5.74, 6) is 0.262. The highest BCUT2D eigenvalue weighted by Crippen LogP contribution is 2.33. The number of ether oxygens (including phenoxy) is 3. The van der Waals surface area contributed by atoms with Crippen LogP contribution in [0, 0.1) is 0 Å². The Balaban J connectivity index is 2.09. The van der Waals surface area contributed by atoms with E-state index >= 15 is 0 Å². The Morgan fingerprint density at radius 1 is 1.29 bits per heavy atom. The van der Waals surface area contributed by atoms with E-state index in [-0.39, 0.29) is 12.4 Å². The second-order valence-electron chi connectivity index (χ2n) is 5.19. The van der Waals surface area contributed by atoms with E-state index in [4.69, 9.17) is 9.47 Å². The largest absolute Gasteiger partial charge is 0.493 e. The monoisotopic (exact) mass is 461 g/mol. The Kier molecular flexibility index (Phi) is 7.21. The highest BCUT2D eigenvalue weighted by Gasteiger charge is 2.30. The normalized spacial score (nSPS) is 11.4. The Bertz CT molecular complexity index is 858. The number of hydrazone groups is 1. The third-order valence-electron chi connectivity index (χ3n) is 3.33. The first-order valence-electron chi connectivity index (χ1n) is 7.64. The zero-order valence-corrected chi connectivity index (χ0v) is 16.3. The second kappa shape index (κ2) is 9.40. The maximum absolute atomic E-state index is 12.5. The van der Waals surface area contributed by atoms with Crippen LogP contribution in [0.3, 0.4) is 0 Å². The zero-order valence-electron chi connectivity index (χ0n) is 14.7. The Labute approximate surface area is 166 Å². The number of methoxy groups -OCH3 is 2. The molecule has 1 aromatic heterocycles. The number of anilines is 1. The minimum absolute atomic E-state index is 0.144. The lowest BCUT2D eigenvalue weighted by Gasteiger charge is -2.12. The SMILES string of the molecule is COC(=O)COc1cc(Br)c(/C=N\Nc2ccc(C(F)(F)F)cn2)cc1OC. The molecule has 0 saturated heterocycles. The van der Waals surface area contributed by atoms with Crippen LogP contribution in [0.4, 0.5) is 19.0 Å². The maximum atomic E-state index is 12.5. The summed E-state index contributed by atoms with van der Waals surface area (Å²) in [5.41, 5.74) is 2.27. The summed E-state index contributed by atoms with van der Waals surface area (Å²) in [7, 11) is 2.68. The molecule has 2 rings (SSSR count). The highest BCUT2D eigenvalue weighted by molar-refractivity contribution is 9.10. The van der Waals surface area contributed by atoms with Crippen molar-refractivity contribution in [1.82, 2.24) is 4.98 Å². The lowest BCUT2D eigenvalue weighted by Crippen LogP contribution is -2.13. The lowest BCUT2D eigenvalue weighted by molar-refractivity contribution is -0.143. The van der Waals surface area contributed by atoms with Gasteiger partial charge in [-0.05, 0) is 40.2 Å². The molecule has 28 heavy (non-hydrogen) atoms. The van der Waals surface area contributed by atoms with E-state index in [0.29, 0.717) is 27.7 Å². The first kappa shape index (κ1) is 21.5. The molecule has 0 aliphatic heterocycles. The van der Waals surface area contributed by atoms with Crippen LogP contribution < -0.4 is 14.9 Å². The molecule has 150 valence electrons. The van der Waals surface area contributed by atoms with Crippen molar-refractivity contribution in [1.29, 1.82) is 0 Å². The molecule has 7 nitrogen and oxygen atoms in total. The van der Waals surface area contributed by atoms with Crippen LogP contribution in [-0.2, 0) is 15.7 Å². The van der Waals surface area contributed by atoms with Crippen LogP contribution in [0.15, 0.2) is 40.0 Å². The van der Waals surface area contributed by atoms with Gasteiger partial charge in [-0.2, -0.15) is 18.3 Å². The number of rotatable bonds is 7. The number of pyridine rings is 1. The minimum atomic E-state index is -4.45. The van der Waals surface area contributed by atoms with Crippen LogP contribution in [0.5, 0.6) is 11.5 Å². The molecule has 0 saturated carbocycles. The molecule has 0 unspecified atom stereocenters. The van der Waals surface area contributed by atoms with Crippen LogP contribution in [-0.4, -0.2) is 38.0 Å². The number of carbonyl (C=O) groups excluding carboxylic acids is 1. The third-order valence-corrected chi connectivity index (χ3v) is 4.02. The Hall–Kier alpha value is -2.82. The molecule has 0 atom stereocenters. The summed E-state index contributed by atoms with van der Waals surface area (Å²) in [6.07, 6.45) is -2.33. The number of hydrogen-bond acceptors (Lipinski definition) is 7. The van der Waals surface area contributed by atoms with E-state index in [1.807, 2.05) is 0 Å². The number of alkyl halides is 3. The summed E-state index contributed by atoms with van der Waals surface area (Å²) in [6, 6.07) is 5.25. The molecule has 1 N–H and O–H groups in total. The number of esters is 1. The average molecular weight is 462 g/mol. The van der Waals surface area contributed by atoms with Gasteiger partial charge in [-0.15, -0.1) is 0 Å². The molecule has 0 amide bonds. The third kappa shape index (κ3) is 5.84. The van der Waals surface area contributed by atoms with Crippen molar-refractivity contribution in [3.05, 3.63) is 46.1 Å². The van der Waals surface area contributed by atoms with Gasteiger partial charge < -0.3 is 14.2 Å². The van der Waals surface area contributed by atoms with Crippen LogP contribution >= 0.6 is 15.9 Å². The molecule has 1 heterocycles. The fraction of sp³-hybridized carbons (Fsp3) is 0.235. The molecule has 0 fully saturated rings. The number of aromatic nitrogens is 1. The van der Waals surface area contributed by atoms with Gasteiger partial charge in [-0.3, -0.25) is 5.43 Å². The number of nitrogens with zero attached hydrogens (tertiary/aromatic N) is 2. The average Bonchev–Trinajstić information content (AvgIpc) is 2.67. The van der Waals surface area contributed by atoms with Gasteiger partial charge in [0.25, 0.3) is 0 Å². The fourth-order valence-electron chi connectivity index (χ4n) is 1.91. The molecular formula is C17H15BrF3N3O4. The van der Waals surface area contributed by atoms with E-state index in [2.05, 4.69) is 36.2 Å². The lowest BCUT2D eigenvalue weighted by atomic mass is 10.2. The first-order valence-corrected chi connectivity index (χ1v) is 8.43. The fourth-order valence-corrected chi connectivity index (χ4v) is 2.34. The van der Waals surface area contributed by atoms with Gasteiger partial charge in [-0.25, -0.2) is 9.78 Å². The van der Waals surface area contributed by atoms with Crippen molar-refractivity contribution in [2.75, 3.05) is 26.3 Å². The summed E-state index contributed by atoms with van der Waals surface area (Å²) in [4.78, 5) is 14.8. The number of halogens is 4. The molecule has 0 aliphatic rings. The highest BCUT2D eigenvalue weighted by atomic mass is 79.9. The molecule has 0 radical (unpaired) electrons. The molecule has 0 aliphatic carbocycles. The molecule has 0 spiro atoms. The van der Waals surface area contributed by atoms with Gasteiger partial charge in [0.15, 0.2) is 18.1 Å². The zero-order chi connectivity index (χ0) is 20.7. The van der Waals surface area contributed by atoms with Crippen LogP contribution in [0.2, 0.25) is 0 Å². The minimum Gasteiger partial charge on any atom is -0.493 e. The summed E-state index contributed by atoms with van der Waals surface area (Å²) in [6.45, 7) is -0.284. The van der Waals surface area contributed by atoms with Gasteiger partial charge in [0, 0.05) is 16.2 Å². The number of nitrogens with one attached hydrogen (secondary N) is 1.